The molecule has 1 amide bonds. The van der Waals surface area contributed by atoms with Crippen LogP contribution in [0.5, 0.6) is 0 Å². The Kier molecular flexibility index (Phi) is 4.90. The van der Waals surface area contributed by atoms with Gasteiger partial charge < -0.3 is 15.4 Å². The Balaban J connectivity index is 2.13. The lowest BCUT2D eigenvalue weighted by molar-refractivity contribution is -0.131. The first-order chi connectivity index (χ1) is 6.74. The Morgan fingerprint density at radius 3 is 3.07 bits per heavy atom. The van der Waals surface area contributed by atoms with Gasteiger partial charge in [-0.1, -0.05) is 0 Å². The van der Waals surface area contributed by atoms with E-state index in [4.69, 9.17) is 4.74 Å². The average Bonchev–Trinajstić information content (AvgIpc) is 2.67. The quantitative estimate of drug-likeness (QED) is 0.670. The van der Waals surface area contributed by atoms with Crippen LogP contribution < -0.4 is 10.6 Å². The normalized spacial score (nSPS) is 23.4. The molecule has 1 saturated heterocycles. The molecule has 0 aliphatic carbocycles. The minimum atomic E-state index is -0.332. The maximum absolute atomic E-state index is 11.4. The van der Waals surface area contributed by atoms with E-state index in [0.29, 0.717) is 12.6 Å². The Morgan fingerprint density at radius 2 is 2.50 bits per heavy atom. The third-order valence-electron chi connectivity index (χ3n) is 2.47. The zero-order chi connectivity index (χ0) is 10.4. The van der Waals surface area contributed by atoms with Gasteiger partial charge in [0.25, 0.3) is 0 Å². The van der Waals surface area contributed by atoms with Crippen molar-refractivity contribution in [3.8, 4) is 0 Å². The summed E-state index contributed by atoms with van der Waals surface area (Å²) in [5, 5.41) is 6.21. The molecule has 0 radical (unpaired) electrons. The number of carbonyl (C=O) groups is 1. The smallest absolute Gasteiger partial charge is 0.248 e. The largest absolute Gasteiger partial charge is 0.369 e. The van der Waals surface area contributed by atoms with Crippen molar-refractivity contribution in [2.24, 2.45) is 0 Å². The molecule has 0 spiro atoms. The fourth-order valence-electron chi connectivity index (χ4n) is 1.62. The van der Waals surface area contributed by atoms with Gasteiger partial charge in [0.2, 0.25) is 5.91 Å². The number of hydrogen-bond donors (Lipinski definition) is 2. The molecule has 0 aromatic carbocycles. The van der Waals surface area contributed by atoms with Crippen LogP contribution in [0.4, 0.5) is 0 Å². The van der Waals surface area contributed by atoms with E-state index >= 15 is 0 Å². The molecule has 1 aliphatic heterocycles. The van der Waals surface area contributed by atoms with Gasteiger partial charge in [-0.2, -0.15) is 0 Å². The van der Waals surface area contributed by atoms with Crippen molar-refractivity contribution in [3.05, 3.63) is 0 Å². The van der Waals surface area contributed by atoms with Gasteiger partial charge in [-0.3, -0.25) is 4.79 Å². The number of ether oxygens (including phenoxy) is 1. The van der Waals surface area contributed by atoms with Gasteiger partial charge >= 0.3 is 0 Å². The van der Waals surface area contributed by atoms with Crippen LogP contribution in [-0.2, 0) is 9.53 Å². The van der Waals surface area contributed by atoms with Crippen LogP contribution in [0.2, 0.25) is 0 Å². The Labute approximate surface area is 85.4 Å². The summed E-state index contributed by atoms with van der Waals surface area (Å²) in [5.41, 5.74) is 0. The van der Waals surface area contributed by atoms with E-state index in [1.165, 1.54) is 6.42 Å². The second-order valence-corrected chi connectivity index (χ2v) is 3.64. The second kappa shape index (κ2) is 5.98. The summed E-state index contributed by atoms with van der Waals surface area (Å²) in [7, 11) is 0. The minimum Gasteiger partial charge on any atom is -0.369 e. The number of rotatable bonds is 5. The maximum atomic E-state index is 11.4. The highest BCUT2D eigenvalue weighted by molar-refractivity contribution is 5.80. The third kappa shape index (κ3) is 3.64. The Morgan fingerprint density at radius 1 is 1.71 bits per heavy atom. The van der Waals surface area contributed by atoms with E-state index in [9.17, 15) is 4.79 Å². The molecule has 14 heavy (non-hydrogen) atoms. The summed E-state index contributed by atoms with van der Waals surface area (Å²) < 4.78 is 5.19. The van der Waals surface area contributed by atoms with Gasteiger partial charge in [0, 0.05) is 19.2 Å². The van der Waals surface area contributed by atoms with E-state index in [1.54, 1.807) is 6.92 Å². The molecular formula is C10H20N2O2. The van der Waals surface area contributed by atoms with Crippen molar-refractivity contribution in [1.82, 2.24) is 10.6 Å². The van der Waals surface area contributed by atoms with E-state index in [1.807, 2.05) is 6.92 Å². The summed E-state index contributed by atoms with van der Waals surface area (Å²) in [6.45, 7) is 6.04. The van der Waals surface area contributed by atoms with E-state index in [0.717, 1.165) is 19.5 Å². The van der Waals surface area contributed by atoms with Crippen molar-refractivity contribution in [2.45, 2.75) is 38.8 Å². The van der Waals surface area contributed by atoms with Crippen LogP contribution in [0, 0.1) is 0 Å². The van der Waals surface area contributed by atoms with E-state index in [2.05, 4.69) is 10.6 Å². The molecule has 0 saturated carbocycles. The van der Waals surface area contributed by atoms with Gasteiger partial charge in [-0.15, -0.1) is 0 Å². The molecule has 1 fully saturated rings. The van der Waals surface area contributed by atoms with Gasteiger partial charge in [0.15, 0.2) is 0 Å². The average molecular weight is 200 g/mol. The molecular weight excluding hydrogens is 180 g/mol. The van der Waals surface area contributed by atoms with Crippen LogP contribution in [0.1, 0.15) is 26.7 Å². The lowest BCUT2D eigenvalue weighted by Gasteiger charge is -2.15. The van der Waals surface area contributed by atoms with Crippen LogP contribution >= 0.6 is 0 Å². The first-order valence-electron chi connectivity index (χ1n) is 5.36. The summed E-state index contributed by atoms with van der Waals surface area (Å²) in [6, 6.07) is 0.452. The van der Waals surface area contributed by atoms with Crippen molar-refractivity contribution in [2.75, 3.05) is 19.7 Å². The minimum absolute atomic E-state index is 0.0134. The van der Waals surface area contributed by atoms with Crippen molar-refractivity contribution in [3.63, 3.8) is 0 Å². The van der Waals surface area contributed by atoms with Gasteiger partial charge in [0.1, 0.15) is 6.10 Å². The van der Waals surface area contributed by atoms with Crippen molar-refractivity contribution >= 4 is 5.91 Å². The highest BCUT2D eigenvalue weighted by Crippen LogP contribution is 2.03. The summed E-state index contributed by atoms with van der Waals surface area (Å²) in [4.78, 5) is 11.4. The van der Waals surface area contributed by atoms with Crippen LogP contribution in [0.3, 0.4) is 0 Å². The van der Waals surface area contributed by atoms with Crippen LogP contribution in [0.25, 0.3) is 0 Å². The van der Waals surface area contributed by atoms with E-state index < -0.39 is 0 Å². The zero-order valence-corrected chi connectivity index (χ0v) is 9.01. The number of amides is 1. The molecule has 1 rings (SSSR count). The molecule has 4 heteroatoms. The second-order valence-electron chi connectivity index (χ2n) is 3.64. The fourth-order valence-corrected chi connectivity index (χ4v) is 1.62. The molecule has 2 atom stereocenters. The molecule has 4 nitrogen and oxygen atoms in total. The highest BCUT2D eigenvalue weighted by atomic mass is 16.5. The molecule has 1 heterocycles. The maximum Gasteiger partial charge on any atom is 0.248 e. The Hall–Kier alpha value is -0.610. The summed E-state index contributed by atoms with van der Waals surface area (Å²) in [6.07, 6.45) is 2.03. The number of nitrogens with one attached hydrogen (secondary N) is 2. The van der Waals surface area contributed by atoms with Gasteiger partial charge in [0.05, 0.1) is 0 Å². The number of hydrogen-bond acceptors (Lipinski definition) is 3. The molecule has 2 N–H and O–H groups in total. The van der Waals surface area contributed by atoms with Crippen LogP contribution in [-0.4, -0.2) is 37.7 Å². The third-order valence-corrected chi connectivity index (χ3v) is 2.47. The molecule has 0 aromatic heterocycles. The van der Waals surface area contributed by atoms with Gasteiger partial charge in [-0.05, 0) is 33.2 Å². The first kappa shape index (κ1) is 11.5. The SMILES string of the molecule is CCOC(C)C(=O)NCC1CCCN1. The lowest BCUT2D eigenvalue weighted by Crippen LogP contribution is -2.41. The zero-order valence-electron chi connectivity index (χ0n) is 9.01. The van der Waals surface area contributed by atoms with Crippen molar-refractivity contribution in [1.29, 1.82) is 0 Å². The fraction of sp³-hybridized carbons (Fsp3) is 0.900. The Bertz CT molecular complexity index is 179. The standard InChI is InChI=1S/C10H20N2O2/c1-3-14-8(2)10(13)12-7-9-5-4-6-11-9/h8-9,11H,3-7H2,1-2H3,(H,12,13). The molecule has 2 unspecified atom stereocenters. The lowest BCUT2D eigenvalue weighted by atomic mass is 10.2. The number of carbonyl (C=O) groups excluding carboxylic acids is 1. The predicted octanol–water partition coefficient (Wildman–Crippen LogP) is 0.280. The molecule has 82 valence electrons. The topological polar surface area (TPSA) is 50.4 Å². The first-order valence-corrected chi connectivity index (χ1v) is 5.36. The molecule has 0 bridgehead atoms. The molecule has 0 aromatic rings. The van der Waals surface area contributed by atoms with Gasteiger partial charge in [-0.25, -0.2) is 0 Å². The monoisotopic (exact) mass is 200 g/mol. The highest BCUT2D eigenvalue weighted by Gasteiger charge is 2.17. The van der Waals surface area contributed by atoms with Crippen molar-refractivity contribution < 1.29 is 9.53 Å². The summed E-state index contributed by atoms with van der Waals surface area (Å²) in [5.74, 6) is -0.0134. The molecule has 1 aliphatic rings. The summed E-state index contributed by atoms with van der Waals surface area (Å²) >= 11 is 0. The predicted molar refractivity (Wildman–Crippen MR) is 55.1 cm³/mol. The van der Waals surface area contributed by atoms with Crippen LogP contribution in [0.15, 0.2) is 0 Å². The van der Waals surface area contributed by atoms with E-state index in [-0.39, 0.29) is 12.0 Å².